The molecule has 2 rings (SSSR count). The smallest absolute Gasteiger partial charge is 0.320 e. The van der Waals surface area contributed by atoms with Crippen LogP contribution in [-0.4, -0.2) is 49.2 Å². The summed E-state index contributed by atoms with van der Waals surface area (Å²) in [5.41, 5.74) is 2.39. The Morgan fingerprint density at radius 2 is 2.11 bits per heavy atom. The summed E-state index contributed by atoms with van der Waals surface area (Å²) < 4.78 is 5.25. The van der Waals surface area contributed by atoms with Gasteiger partial charge >= 0.3 is 6.03 Å². The Kier molecular flexibility index (Phi) is 4.20. The largest absolute Gasteiger partial charge is 0.378 e. The summed E-state index contributed by atoms with van der Waals surface area (Å²) >= 11 is 0. The predicted octanol–water partition coefficient (Wildman–Crippen LogP) is 1.88. The summed E-state index contributed by atoms with van der Waals surface area (Å²) in [5.74, 6) is 0. The van der Waals surface area contributed by atoms with Crippen molar-refractivity contribution in [3.8, 4) is 0 Å². The van der Waals surface area contributed by atoms with Crippen molar-refractivity contribution in [1.82, 2.24) is 9.80 Å². The Bertz CT molecular complexity index is 414. The van der Waals surface area contributed by atoms with E-state index in [1.165, 1.54) is 11.1 Å². The van der Waals surface area contributed by atoms with Crippen molar-refractivity contribution in [2.45, 2.75) is 13.5 Å². The number of benzene rings is 1. The second-order valence-electron chi connectivity index (χ2n) is 4.73. The summed E-state index contributed by atoms with van der Waals surface area (Å²) in [6, 6.07) is 8.34. The fourth-order valence-electron chi connectivity index (χ4n) is 2.15. The molecule has 0 saturated carbocycles. The molecule has 98 valence electrons. The summed E-state index contributed by atoms with van der Waals surface area (Å²) in [6.07, 6.45) is 0. The molecule has 4 nitrogen and oxygen atoms in total. The van der Waals surface area contributed by atoms with Crippen LogP contribution in [0.2, 0.25) is 0 Å². The highest BCUT2D eigenvalue weighted by atomic mass is 16.5. The van der Waals surface area contributed by atoms with E-state index < -0.39 is 0 Å². The summed E-state index contributed by atoms with van der Waals surface area (Å²) in [6.45, 7) is 5.38. The van der Waals surface area contributed by atoms with E-state index in [9.17, 15) is 4.79 Å². The number of carbonyl (C=O) groups is 1. The minimum atomic E-state index is 0.0832. The second-order valence-corrected chi connectivity index (χ2v) is 4.73. The molecule has 0 N–H and O–H groups in total. The maximum Gasteiger partial charge on any atom is 0.320 e. The van der Waals surface area contributed by atoms with Gasteiger partial charge in [-0.3, -0.25) is 0 Å². The molecule has 18 heavy (non-hydrogen) atoms. The molecule has 0 radical (unpaired) electrons. The van der Waals surface area contributed by atoms with Crippen LogP contribution >= 0.6 is 0 Å². The number of amides is 2. The van der Waals surface area contributed by atoms with Crippen LogP contribution in [0.1, 0.15) is 11.1 Å². The Morgan fingerprint density at radius 1 is 1.39 bits per heavy atom. The first-order valence-corrected chi connectivity index (χ1v) is 6.30. The number of ether oxygens (including phenoxy) is 1. The number of morpholine rings is 1. The molecule has 4 heteroatoms. The Morgan fingerprint density at radius 3 is 2.78 bits per heavy atom. The van der Waals surface area contributed by atoms with E-state index in [4.69, 9.17) is 4.74 Å². The zero-order chi connectivity index (χ0) is 13.0. The lowest BCUT2D eigenvalue weighted by molar-refractivity contribution is 0.0448. The van der Waals surface area contributed by atoms with Crippen molar-refractivity contribution in [1.29, 1.82) is 0 Å². The van der Waals surface area contributed by atoms with E-state index in [-0.39, 0.29) is 6.03 Å². The highest BCUT2D eigenvalue weighted by Crippen LogP contribution is 2.09. The highest BCUT2D eigenvalue weighted by Gasteiger charge is 2.20. The van der Waals surface area contributed by atoms with Gasteiger partial charge in [0.25, 0.3) is 0 Å². The third kappa shape index (κ3) is 3.23. The van der Waals surface area contributed by atoms with E-state index in [2.05, 4.69) is 25.1 Å². The van der Waals surface area contributed by atoms with Crippen LogP contribution in [0.25, 0.3) is 0 Å². The zero-order valence-electron chi connectivity index (χ0n) is 11.1. The van der Waals surface area contributed by atoms with Gasteiger partial charge in [-0.05, 0) is 12.5 Å². The molecule has 1 aromatic carbocycles. The Balaban J connectivity index is 1.94. The molecule has 0 bridgehead atoms. The van der Waals surface area contributed by atoms with Crippen LogP contribution < -0.4 is 0 Å². The van der Waals surface area contributed by atoms with Gasteiger partial charge in [-0.2, -0.15) is 0 Å². The molecular formula is C14H20N2O2. The van der Waals surface area contributed by atoms with E-state index in [1.807, 2.05) is 18.0 Å². The number of rotatable bonds is 2. The van der Waals surface area contributed by atoms with Crippen molar-refractivity contribution in [3.63, 3.8) is 0 Å². The van der Waals surface area contributed by atoms with Crippen molar-refractivity contribution in [3.05, 3.63) is 35.4 Å². The van der Waals surface area contributed by atoms with Crippen molar-refractivity contribution in [2.75, 3.05) is 33.4 Å². The molecule has 2 amide bonds. The lowest BCUT2D eigenvalue weighted by Gasteiger charge is -2.31. The van der Waals surface area contributed by atoms with Crippen LogP contribution in [0.5, 0.6) is 0 Å². The quantitative estimate of drug-likeness (QED) is 0.800. The maximum atomic E-state index is 12.2. The number of urea groups is 1. The fraction of sp³-hybridized carbons (Fsp3) is 0.500. The van der Waals surface area contributed by atoms with Gasteiger partial charge in [-0.1, -0.05) is 29.8 Å². The molecular weight excluding hydrogens is 228 g/mol. The summed E-state index contributed by atoms with van der Waals surface area (Å²) in [4.78, 5) is 15.8. The zero-order valence-corrected chi connectivity index (χ0v) is 11.1. The standard InChI is InChI=1S/C14H20N2O2/c1-12-4-3-5-13(10-12)11-15(2)14(17)16-6-8-18-9-7-16/h3-5,10H,6-9,11H2,1-2H3. The molecule has 1 heterocycles. The van der Waals surface area contributed by atoms with Gasteiger partial charge in [-0.15, -0.1) is 0 Å². The Labute approximate surface area is 108 Å². The highest BCUT2D eigenvalue weighted by molar-refractivity contribution is 5.74. The van der Waals surface area contributed by atoms with Gasteiger partial charge in [0, 0.05) is 26.7 Å². The number of carbonyl (C=O) groups excluding carboxylic acids is 1. The normalized spacial score (nSPS) is 15.6. The summed E-state index contributed by atoms with van der Waals surface area (Å²) in [7, 11) is 1.85. The van der Waals surface area contributed by atoms with Crippen LogP contribution in [0.3, 0.4) is 0 Å². The molecule has 1 aromatic rings. The number of hydrogen-bond donors (Lipinski definition) is 0. The van der Waals surface area contributed by atoms with Crippen molar-refractivity contribution >= 4 is 6.03 Å². The number of hydrogen-bond acceptors (Lipinski definition) is 2. The molecule has 1 aliphatic heterocycles. The van der Waals surface area contributed by atoms with E-state index in [1.54, 1.807) is 4.90 Å². The molecule has 1 saturated heterocycles. The monoisotopic (exact) mass is 248 g/mol. The third-order valence-corrected chi connectivity index (χ3v) is 3.11. The summed E-state index contributed by atoms with van der Waals surface area (Å²) in [5, 5.41) is 0. The fourth-order valence-corrected chi connectivity index (χ4v) is 2.15. The van der Waals surface area contributed by atoms with E-state index >= 15 is 0 Å². The minimum absolute atomic E-state index is 0.0832. The molecule has 1 fully saturated rings. The lowest BCUT2D eigenvalue weighted by Crippen LogP contribution is -2.46. The van der Waals surface area contributed by atoms with Gasteiger partial charge < -0.3 is 14.5 Å². The molecule has 0 aliphatic carbocycles. The lowest BCUT2D eigenvalue weighted by atomic mass is 10.1. The van der Waals surface area contributed by atoms with Gasteiger partial charge in [0.05, 0.1) is 13.2 Å². The van der Waals surface area contributed by atoms with Gasteiger partial charge in [0.1, 0.15) is 0 Å². The average molecular weight is 248 g/mol. The molecule has 0 spiro atoms. The maximum absolute atomic E-state index is 12.2. The average Bonchev–Trinajstić information content (AvgIpc) is 2.39. The van der Waals surface area contributed by atoms with Gasteiger partial charge in [0.15, 0.2) is 0 Å². The molecule has 0 aromatic heterocycles. The topological polar surface area (TPSA) is 32.8 Å². The van der Waals surface area contributed by atoms with Gasteiger partial charge in [0.2, 0.25) is 0 Å². The molecule has 1 aliphatic rings. The van der Waals surface area contributed by atoms with Crippen LogP contribution in [-0.2, 0) is 11.3 Å². The van der Waals surface area contributed by atoms with E-state index in [0.29, 0.717) is 32.8 Å². The van der Waals surface area contributed by atoms with Crippen molar-refractivity contribution < 1.29 is 9.53 Å². The molecule has 0 atom stereocenters. The SMILES string of the molecule is Cc1cccc(CN(C)C(=O)N2CCOCC2)c1. The Hall–Kier alpha value is -1.55. The third-order valence-electron chi connectivity index (χ3n) is 3.11. The first kappa shape index (κ1) is 12.9. The number of aryl methyl sites for hydroxylation is 1. The second kappa shape index (κ2) is 5.87. The number of nitrogens with zero attached hydrogens (tertiary/aromatic N) is 2. The van der Waals surface area contributed by atoms with E-state index in [0.717, 1.165) is 0 Å². The van der Waals surface area contributed by atoms with Crippen LogP contribution in [0.15, 0.2) is 24.3 Å². The van der Waals surface area contributed by atoms with Crippen LogP contribution in [0, 0.1) is 6.92 Å². The first-order valence-electron chi connectivity index (χ1n) is 6.30. The predicted molar refractivity (Wildman–Crippen MR) is 70.4 cm³/mol. The first-order chi connectivity index (χ1) is 8.66. The minimum Gasteiger partial charge on any atom is -0.378 e. The van der Waals surface area contributed by atoms with Crippen LogP contribution in [0.4, 0.5) is 4.79 Å². The molecule has 0 unspecified atom stereocenters. The van der Waals surface area contributed by atoms with Gasteiger partial charge in [-0.25, -0.2) is 4.79 Å². The van der Waals surface area contributed by atoms with Crippen molar-refractivity contribution in [2.24, 2.45) is 0 Å².